The predicted octanol–water partition coefficient (Wildman–Crippen LogP) is 2.97. The van der Waals surface area contributed by atoms with E-state index in [0.717, 1.165) is 11.5 Å². The largest absolute Gasteiger partial charge is 0.393 e. The number of alkyl halides is 3. The number of likely N-dealkylation sites (tertiary alicyclic amines) is 1. The number of nitrogens with zero attached hydrogens (tertiary/aromatic N) is 3. The Morgan fingerprint density at radius 2 is 2.24 bits per heavy atom. The van der Waals surface area contributed by atoms with Crippen molar-refractivity contribution in [1.82, 2.24) is 14.5 Å². The number of halogens is 4. The molecule has 8 heteroatoms. The highest BCUT2D eigenvalue weighted by molar-refractivity contribution is 7.10. The second-order valence-electron chi connectivity index (χ2n) is 4.11. The molecule has 0 amide bonds. The first-order valence-corrected chi connectivity index (χ1v) is 6.38. The van der Waals surface area contributed by atoms with Crippen LogP contribution in [0.15, 0.2) is 0 Å². The summed E-state index contributed by atoms with van der Waals surface area (Å²) < 4.78 is 41.9. The third-order valence-electron chi connectivity index (χ3n) is 2.85. The zero-order chi connectivity index (χ0) is 12.5. The van der Waals surface area contributed by atoms with Gasteiger partial charge in [-0.3, -0.25) is 4.90 Å². The van der Waals surface area contributed by atoms with Crippen LogP contribution in [0.3, 0.4) is 0 Å². The number of piperidine rings is 1. The molecular weight excluding hydrogens is 275 g/mol. The van der Waals surface area contributed by atoms with E-state index in [1.54, 1.807) is 4.90 Å². The maximum Gasteiger partial charge on any atom is 0.393 e. The summed E-state index contributed by atoms with van der Waals surface area (Å²) in [6.07, 6.45) is -3.34. The standard InChI is InChI=1S/C9H11ClF3N3S/c10-8-7(14-15-17-8)5-16-3-1-2-6(4-16)9(11,12)13/h6H,1-5H2. The highest BCUT2D eigenvalue weighted by Gasteiger charge is 2.41. The van der Waals surface area contributed by atoms with Crippen LogP contribution in [0.5, 0.6) is 0 Å². The Balaban J connectivity index is 1.96. The van der Waals surface area contributed by atoms with E-state index in [9.17, 15) is 13.2 Å². The van der Waals surface area contributed by atoms with Gasteiger partial charge in [-0.05, 0) is 19.4 Å². The molecule has 17 heavy (non-hydrogen) atoms. The van der Waals surface area contributed by atoms with E-state index < -0.39 is 12.1 Å². The molecule has 1 unspecified atom stereocenters. The molecule has 0 radical (unpaired) electrons. The highest BCUT2D eigenvalue weighted by atomic mass is 35.5. The van der Waals surface area contributed by atoms with Gasteiger partial charge in [0, 0.05) is 24.6 Å². The van der Waals surface area contributed by atoms with Crippen LogP contribution in [0.4, 0.5) is 13.2 Å². The molecular formula is C9H11ClF3N3S. The van der Waals surface area contributed by atoms with Gasteiger partial charge in [0.2, 0.25) is 0 Å². The Morgan fingerprint density at radius 1 is 1.47 bits per heavy atom. The Hall–Kier alpha value is -0.400. The molecule has 1 atom stereocenters. The quantitative estimate of drug-likeness (QED) is 0.836. The van der Waals surface area contributed by atoms with Crippen molar-refractivity contribution in [3.63, 3.8) is 0 Å². The molecule has 1 aliphatic heterocycles. The fourth-order valence-electron chi connectivity index (χ4n) is 1.97. The van der Waals surface area contributed by atoms with Crippen molar-refractivity contribution in [2.45, 2.75) is 25.6 Å². The first-order valence-electron chi connectivity index (χ1n) is 5.22. The molecule has 1 aromatic heterocycles. The van der Waals surface area contributed by atoms with Gasteiger partial charge < -0.3 is 0 Å². The molecule has 0 spiro atoms. The van der Waals surface area contributed by atoms with Gasteiger partial charge in [-0.2, -0.15) is 13.2 Å². The zero-order valence-corrected chi connectivity index (χ0v) is 10.4. The lowest BCUT2D eigenvalue weighted by Gasteiger charge is -2.33. The lowest BCUT2D eigenvalue weighted by atomic mass is 9.97. The molecule has 0 bridgehead atoms. The van der Waals surface area contributed by atoms with Crippen LogP contribution >= 0.6 is 23.1 Å². The SMILES string of the molecule is FC(F)(F)C1CCCN(Cc2nnsc2Cl)C1. The van der Waals surface area contributed by atoms with Crippen LogP contribution in [-0.2, 0) is 6.54 Å². The average molecular weight is 286 g/mol. The summed E-state index contributed by atoms with van der Waals surface area (Å²) in [5, 5.41) is 3.81. The summed E-state index contributed by atoms with van der Waals surface area (Å²) in [4.78, 5) is 1.74. The van der Waals surface area contributed by atoms with Gasteiger partial charge >= 0.3 is 6.18 Å². The maximum absolute atomic E-state index is 12.6. The molecule has 0 aliphatic carbocycles. The molecule has 1 fully saturated rings. The molecule has 2 heterocycles. The minimum Gasteiger partial charge on any atom is -0.297 e. The smallest absolute Gasteiger partial charge is 0.297 e. The zero-order valence-electron chi connectivity index (χ0n) is 8.87. The molecule has 96 valence electrons. The normalized spacial score (nSPS) is 22.9. The summed E-state index contributed by atoms with van der Waals surface area (Å²) in [6, 6.07) is 0. The van der Waals surface area contributed by atoms with E-state index in [0.29, 0.717) is 29.5 Å². The van der Waals surface area contributed by atoms with Crippen molar-refractivity contribution in [3.8, 4) is 0 Å². The fourth-order valence-corrected chi connectivity index (χ4v) is 2.58. The van der Waals surface area contributed by atoms with E-state index in [1.165, 1.54) is 0 Å². The molecule has 1 saturated heterocycles. The number of aromatic nitrogens is 2. The third kappa shape index (κ3) is 3.29. The monoisotopic (exact) mass is 285 g/mol. The Morgan fingerprint density at radius 3 is 2.82 bits per heavy atom. The van der Waals surface area contributed by atoms with Crippen LogP contribution in [0, 0.1) is 5.92 Å². The molecule has 1 aromatic rings. The Kier molecular flexibility index (Phi) is 3.89. The highest BCUT2D eigenvalue weighted by Crippen LogP contribution is 2.33. The fraction of sp³-hybridized carbons (Fsp3) is 0.778. The van der Waals surface area contributed by atoms with Crippen LogP contribution in [-0.4, -0.2) is 33.8 Å². The molecule has 0 aromatic carbocycles. The average Bonchev–Trinajstić information content (AvgIpc) is 2.64. The molecule has 0 saturated carbocycles. The number of rotatable bonds is 2. The van der Waals surface area contributed by atoms with E-state index in [-0.39, 0.29) is 13.0 Å². The number of hydrogen-bond donors (Lipinski definition) is 0. The summed E-state index contributed by atoms with van der Waals surface area (Å²) in [5.74, 6) is -1.23. The van der Waals surface area contributed by atoms with Gasteiger partial charge in [-0.1, -0.05) is 16.1 Å². The van der Waals surface area contributed by atoms with Crippen LogP contribution in [0.1, 0.15) is 18.5 Å². The lowest BCUT2D eigenvalue weighted by Crippen LogP contribution is -2.41. The minimum atomic E-state index is -4.11. The third-order valence-corrected chi connectivity index (χ3v) is 3.84. The van der Waals surface area contributed by atoms with Gasteiger partial charge in [0.25, 0.3) is 0 Å². The van der Waals surface area contributed by atoms with Gasteiger partial charge in [0.05, 0.1) is 5.92 Å². The lowest BCUT2D eigenvalue weighted by molar-refractivity contribution is -0.187. The first-order chi connectivity index (χ1) is 7.97. The number of hydrogen-bond acceptors (Lipinski definition) is 4. The Labute approximate surface area is 106 Å². The van der Waals surface area contributed by atoms with E-state index in [1.807, 2.05) is 0 Å². The summed E-state index contributed by atoms with van der Waals surface area (Å²) in [7, 11) is 0. The van der Waals surface area contributed by atoms with Crippen molar-refractivity contribution in [2.75, 3.05) is 13.1 Å². The van der Waals surface area contributed by atoms with Crippen molar-refractivity contribution >= 4 is 23.1 Å². The topological polar surface area (TPSA) is 29.0 Å². The first kappa shape index (κ1) is 13.0. The van der Waals surface area contributed by atoms with Crippen molar-refractivity contribution in [3.05, 3.63) is 10.0 Å². The molecule has 2 rings (SSSR count). The Bertz CT molecular complexity index is 382. The van der Waals surface area contributed by atoms with Crippen molar-refractivity contribution in [2.24, 2.45) is 5.92 Å². The van der Waals surface area contributed by atoms with Gasteiger partial charge in [0.1, 0.15) is 10.0 Å². The summed E-state index contributed by atoms with van der Waals surface area (Å²) in [5.41, 5.74) is 0.569. The van der Waals surface area contributed by atoms with Crippen LogP contribution < -0.4 is 0 Å². The van der Waals surface area contributed by atoms with E-state index in [4.69, 9.17) is 11.6 Å². The van der Waals surface area contributed by atoms with Crippen LogP contribution in [0.2, 0.25) is 4.34 Å². The predicted molar refractivity (Wildman–Crippen MR) is 59.0 cm³/mol. The summed E-state index contributed by atoms with van der Waals surface area (Å²) >= 11 is 6.88. The van der Waals surface area contributed by atoms with E-state index >= 15 is 0 Å². The molecule has 3 nitrogen and oxygen atoms in total. The van der Waals surface area contributed by atoms with E-state index in [2.05, 4.69) is 9.59 Å². The summed E-state index contributed by atoms with van der Waals surface area (Å²) in [6.45, 7) is 1.03. The maximum atomic E-state index is 12.6. The van der Waals surface area contributed by atoms with Gasteiger partial charge in [-0.25, -0.2) is 0 Å². The molecule has 1 aliphatic rings. The molecule has 0 N–H and O–H groups in total. The van der Waals surface area contributed by atoms with Crippen molar-refractivity contribution in [1.29, 1.82) is 0 Å². The second-order valence-corrected chi connectivity index (χ2v) is 5.47. The van der Waals surface area contributed by atoms with Gasteiger partial charge in [0.15, 0.2) is 0 Å². The van der Waals surface area contributed by atoms with Gasteiger partial charge in [-0.15, -0.1) is 5.10 Å². The van der Waals surface area contributed by atoms with Crippen molar-refractivity contribution < 1.29 is 13.2 Å². The second kappa shape index (κ2) is 5.07. The minimum absolute atomic E-state index is 0.0252. The van der Waals surface area contributed by atoms with Crippen LogP contribution in [0.25, 0.3) is 0 Å².